The Labute approximate surface area is 207 Å². The summed E-state index contributed by atoms with van der Waals surface area (Å²) in [6.07, 6.45) is 3.45. The first kappa shape index (κ1) is 23.8. The molecule has 0 aliphatic carbocycles. The van der Waals surface area contributed by atoms with Crippen LogP contribution in [0, 0.1) is 0 Å². The molecule has 34 heavy (non-hydrogen) atoms. The standard InChI is InChI=1S/C25H24ClN5O2S/c1-3-33-21-12-10-20(11-13-21)31-23(19-8-6-14-27-15-19)29-30-25(31)34-17(2)24(32)28-16-18-7-4-5-9-22(18)26/h4-15,17H,3,16H2,1-2H3,(H,28,32). The SMILES string of the molecule is CCOc1ccc(-n2c(SC(C)C(=O)NCc3ccccc3Cl)nnc2-c2cccnc2)cc1. The van der Waals surface area contributed by atoms with Gasteiger partial charge in [0.2, 0.25) is 5.91 Å². The fourth-order valence-electron chi connectivity index (χ4n) is 3.30. The summed E-state index contributed by atoms with van der Waals surface area (Å²) in [5.74, 6) is 1.31. The zero-order valence-electron chi connectivity index (χ0n) is 18.8. The molecule has 2 aromatic carbocycles. The van der Waals surface area contributed by atoms with Crippen LogP contribution in [0.15, 0.2) is 78.2 Å². The highest BCUT2D eigenvalue weighted by Crippen LogP contribution is 2.30. The van der Waals surface area contributed by atoms with Crippen molar-refractivity contribution in [2.45, 2.75) is 30.8 Å². The van der Waals surface area contributed by atoms with Gasteiger partial charge in [0.1, 0.15) is 5.75 Å². The highest BCUT2D eigenvalue weighted by molar-refractivity contribution is 8.00. The van der Waals surface area contributed by atoms with Crippen LogP contribution in [0.3, 0.4) is 0 Å². The van der Waals surface area contributed by atoms with Crippen molar-refractivity contribution < 1.29 is 9.53 Å². The molecule has 4 aromatic rings. The van der Waals surface area contributed by atoms with Crippen LogP contribution >= 0.6 is 23.4 Å². The number of nitrogens with zero attached hydrogens (tertiary/aromatic N) is 4. The van der Waals surface area contributed by atoms with Crippen LogP contribution in [0.1, 0.15) is 19.4 Å². The number of halogens is 1. The van der Waals surface area contributed by atoms with E-state index in [-0.39, 0.29) is 5.91 Å². The molecule has 0 spiro atoms. The molecule has 9 heteroatoms. The van der Waals surface area contributed by atoms with Gasteiger partial charge < -0.3 is 10.1 Å². The minimum atomic E-state index is -0.408. The lowest BCUT2D eigenvalue weighted by Gasteiger charge is -2.14. The van der Waals surface area contributed by atoms with Crippen molar-refractivity contribution >= 4 is 29.3 Å². The second-order valence-corrected chi connectivity index (χ2v) is 9.09. The van der Waals surface area contributed by atoms with Gasteiger partial charge in [0.05, 0.1) is 11.9 Å². The molecule has 1 amide bonds. The zero-order valence-corrected chi connectivity index (χ0v) is 20.4. The molecule has 7 nitrogen and oxygen atoms in total. The van der Waals surface area contributed by atoms with Gasteiger partial charge in [0.15, 0.2) is 11.0 Å². The molecule has 0 radical (unpaired) electrons. The summed E-state index contributed by atoms with van der Waals surface area (Å²) in [5.41, 5.74) is 2.55. The normalized spacial score (nSPS) is 11.7. The second-order valence-electron chi connectivity index (χ2n) is 7.38. The molecule has 0 bridgehead atoms. The number of aromatic nitrogens is 4. The summed E-state index contributed by atoms with van der Waals surface area (Å²) in [5, 5.41) is 12.6. The van der Waals surface area contributed by atoms with Crippen LogP contribution in [0.25, 0.3) is 17.1 Å². The van der Waals surface area contributed by atoms with Crippen LogP contribution in [0.2, 0.25) is 5.02 Å². The van der Waals surface area contributed by atoms with E-state index in [2.05, 4.69) is 20.5 Å². The number of hydrogen-bond donors (Lipinski definition) is 1. The van der Waals surface area contributed by atoms with Gasteiger partial charge in [-0.15, -0.1) is 10.2 Å². The lowest BCUT2D eigenvalue weighted by atomic mass is 10.2. The van der Waals surface area contributed by atoms with Crippen molar-refractivity contribution in [1.29, 1.82) is 0 Å². The van der Waals surface area contributed by atoms with E-state index in [0.29, 0.717) is 29.2 Å². The van der Waals surface area contributed by atoms with Crippen molar-refractivity contribution in [3.05, 3.63) is 83.6 Å². The Morgan fingerprint density at radius 3 is 2.62 bits per heavy atom. The van der Waals surface area contributed by atoms with E-state index < -0.39 is 5.25 Å². The number of ether oxygens (including phenoxy) is 1. The summed E-state index contributed by atoms with van der Waals surface area (Å²) in [6.45, 7) is 4.74. The van der Waals surface area contributed by atoms with Gasteiger partial charge in [0, 0.05) is 35.2 Å². The number of carbonyl (C=O) groups is 1. The topological polar surface area (TPSA) is 81.9 Å². The molecule has 174 valence electrons. The molecule has 2 aromatic heterocycles. The second kappa shape index (κ2) is 11.2. The summed E-state index contributed by atoms with van der Waals surface area (Å²) in [7, 11) is 0. The Morgan fingerprint density at radius 1 is 1.12 bits per heavy atom. The maximum Gasteiger partial charge on any atom is 0.233 e. The molecule has 2 heterocycles. The first-order valence-electron chi connectivity index (χ1n) is 10.8. The van der Waals surface area contributed by atoms with Crippen LogP contribution in [-0.4, -0.2) is 37.5 Å². The van der Waals surface area contributed by atoms with Crippen molar-refractivity contribution in [2.75, 3.05) is 6.61 Å². The number of carbonyl (C=O) groups excluding carboxylic acids is 1. The van der Waals surface area contributed by atoms with Gasteiger partial charge in [-0.1, -0.05) is 41.6 Å². The molecule has 1 N–H and O–H groups in total. The van der Waals surface area contributed by atoms with E-state index in [9.17, 15) is 4.79 Å². The molecule has 1 atom stereocenters. The Hall–Kier alpha value is -3.36. The van der Waals surface area contributed by atoms with E-state index in [1.54, 1.807) is 18.5 Å². The Morgan fingerprint density at radius 2 is 1.91 bits per heavy atom. The predicted octanol–water partition coefficient (Wildman–Crippen LogP) is 5.18. The molecule has 1 unspecified atom stereocenters. The monoisotopic (exact) mass is 493 g/mol. The highest BCUT2D eigenvalue weighted by Gasteiger charge is 2.22. The number of benzene rings is 2. The van der Waals surface area contributed by atoms with Crippen LogP contribution in [0.4, 0.5) is 0 Å². The minimum Gasteiger partial charge on any atom is -0.494 e. The molecule has 0 aliphatic heterocycles. The maximum absolute atomic E-state index is 12.8. The average Bonchev–Trinajstić information content (AvgIpc) is 3.28. The van der Waals surface area contributed by atoms with Crippen LogP contribution in [-0.2, 0) is 11.3 Å². The van der Waals surface area contributed by atoms with Gasteiger partial charge in [0.25, 0.3) is 0 Å². The van der Waals surface area contributed by atoms with Crippen molar-refractivity contribution in [3.63, 3.8) is 0 Å². The third kappa shape index (κ3) is 5.58. The van der Waals surface area contributed by atoms with Gasteiger partial charge in [-0.25, -0.2) is 0 Å². The molecule has 0 saturated heterocycles. The average molecular weight is 494 g/mol. The quantitative estimate of drug-likeness (QED) is 0.323. The molecule has 0 aliphatic rings. The lowest BCUT2D eigenvalue weighted by molar-refractivity contribution is -0.120. The number of hydrogen-bond acceptors (Lipinski definition) is 6. The van der Waals surface area contributed by atoms with E-state index in [1.165, 1.54) is 11.8 Å². The number of nitrogens with one attached hydrogen (secondary N) is 1. The lowest BCUT2D eigenvalue weighted by Crippen LogP contribution is -2.30. The van der Waals surface area contributed by atoms with Crippen molar-refractivity contribution in [3.8, 4) is 22.8 Å². The largest absolute Gasteiger partial charge is 0.494 e. The summed E-state index contributed by atoms with van der Waals surface area (Å²) >= 11 is 7.54. The number of pyridine rings is 1. The van der Waals surface area contributed by atoms with Crippen LogP contribution < -0.4 is 10.1 Å². The van der Waals surface area contributed by atoms with Gasteiger partial charge in [-0.2, -0.15) is 0 Å². The fourth-order valence-corrected chi connectivity index (χ4v) is 4.39. The first-order valence-corrected chi connectivity index (χ1v) is 12.1. The predicted molar refractivity (Wildman–Crippen MR) is 134 cm³/mol. The van der Waals surface area contributed by atoms with Gasteiger partial charge in [-0.3, -0.25) is 14.3 Å². The highest BCUT2D eigenvalue weighted by atomic mass is 35.5. The third-order valence-corrected chi connectivity index (χ3v) is 6.43. The van der Waals surface area contributed by atoms with E-state index >= 15 is 0 Å². The molecular weight excluding hydrogens is 470 g/mol. The van der Waals surface area contributed by atoms with Crippen LogP contribution in [0.5, 0.6) is 5.75 Å². The Kier molecular flexibility index (Phi) is 7.82. The Bertz CT molecular complexity index is 1250. The maximum atomic E-state index is 12.8. The molecule has 0 saturated carbocycles. The smallest absolute Gasteiger partial charge is 0.233 e. The molecule has 4 rings (SSSR count). The van der Waals surface area contributed by atoms with Crippen molar-refractivity contribution in [2.24, 2.45) is 0 Å². The van der Waals surface area contributed by atoms with Gasteiger partial charge >= 0.3 is 0 Å². The zero-order chi connectivity index (χ0) is 23.9. The number of rotatable bonds is 9. The summed E-state index contributed by atoms with van der Waals surface area (Å²) in [6, 6.07) is 18.9. The summed E-state index contributed by atoms with van der Waals surface area (Å²) in [4.78, 5) is 17.0. The van der Waals surface area contributed by atoms with Crippen molar-refractivity contribution in [1.82, 2.24) is 25.1 Å². The number of thioether (sulfide) groups is 1. The molecule has 0 fully saturated rings. The number of amides is 1. The minimum absolute atomic E-state index is 0.117. The third-order valence-electron chi connectivity index (χ3n) is 5.02. The fraction of sp³-hybridized carbons (Fsp3) is 0.200. The Balaban J connectivity index is 1.58. The molecular formula is C25H24ClN5O2S. The van der Waals surface area contributed by atoms with E-state index in [1.807, 2.05) is 73.0 Å². The first-order chi connectivity index (χ1) is 16.6. The van der Waals surface area contributed by atoms with E-state index in [4.69, 9.17) is 16.3 Å². The van der Waals surface area contributed by atoms with E-state index in [0.717, 1.165) is 22.6 Å². The summed E-state index contributed by atoms with van der Waals surface area (Å²) < 4.78 is 7.50. The van der Waals surface area contributed by atoms with Gasteiger partial charge in [-0.05, 0) is 61.9 Å².